The van der Waals surface area contributed by atoms with Gasteiger partial charge in [0.25, 0.3) is 5.91 Å². The van der Waals surface area contributed by atoms with E-state index in [4.69, 9.17) is 4.74 Å². The van der Waals surface area contributed by atoms with Crippen molar-refractivity contribution in [3.8, 4) is 5.75 Å². The molecule has 1 aromatic carbocycles. The number of carbonyl (C=O) groups is 2. The predicted octanol–water partition coefficient (Wildman–Crippen LogP) is 2.91. The van der Waals surface area contributed by atoms with Crippen molar-refractivity contribution in [3.05, 3.63) is 64.1 Å². The summed E-state index contributed by atoms with van der Waals surface area (Å²) in [6.07, 6.45) is 7.66. The van der Waals surface area contributed by atoms with E-state index in [-0.39, 0.29) is 17.4 Å². The van der Waals surface area contributed by atoms with E-state index in [2.05, 4.69) is 16.4 Å². The van der Waals surface area contributed by atoms with Gasteiger partial charge in [-0.2, -0.15) is 0 Å². The highest BCUT2D eigenvalue weighted by Gasteiger charge is 2.41. The average Bonchev–Trinajstić information content (AvgIpc) is 2.83. The second-order valence-corrected chi connectivity index (χ2v) is 8.79. The maximum Gasteiger partial charge on any atom is 0.254 e. The number of H-pyrrole nitrogens is 1. The summed E-state index contributed by atoms with van der Waals surface area (Å²) < 4.78 is 5.94. The number of aryl methyl sites for hydroxylation is 1. The molecule has 0 unspecified atom stereocenters. The molecule has 2 amide bonds. The lowest BCUT2D eigenvalue weighted by Crippen LogP contribution is -2.50. The van der Waals surface area contributed by atoms with Crippen molar-refractivity contribution >= 4 is 11.8 Å². The number of aromatic nitrogens is 1. The molecule has 170 valence electrons. The number of nitrogens with zero attached hydrogens (tertiary/aromatic N) is 1. The van der Waals surface area contributed by atoms with Gasteiger partial charge < -0.3 is 19.9 Å². The number of carbonyl (C=O) groups excluding carboxylic acids is 2. The van der Waals surface area contributed by atoms with E-state index in [9.17, 15) is 14.4 Å². The lowest BCUT2D eigenvalue weighted by Gasteiger charge is -2.41. The quantitative estimate of drug-likeness (QED) is 0.718. The fourth-order valence-electron chi connectivity index (χ4n) is 4.81. The van der Waals surface area contributed by atoms with E-state index >= 15 is 0 Å². The average molecular weight is 438 g/mol. The molecule has 32 heavy (non-hydrogen) atoms. The Morgan fingerprint density at radius 3 is 2.62 bits per heavy atom. The molecule has 3 heterocycles. The van der Waals surface area contributed by atoms with Crippen LogP contribution in [-0.4, -0.2) is 47.9 Å². The Hall–Kier alpha value is -3.09. The first-order chi connectivity index (χ1) is 15.6. The Labute approximate surface area is 188 Å². The zero-order valence-corrected chi connectivity index (χ0v) is 18.4. The van der Waals surface area contributed by atoms with Gasteiger partial charge in [0.2, 0.25) is 11.5 Å². The van der Waals surface area contributed by atoms with Gasteiger partial charge in [-0.1, -0.05) is 31.0 Å². The van der Waals surface area contributed by atoms with E-state index in [1.165, 1.54) is 17.8 Å². The molecule has 1 spiro atoms. The van der Waals surface area contributed by atoms with Crippen molar-refractivity contribution in [1.29, 1.82) is 0 Å². The Balaban J connectivity index is 1.41. The molecule has 2 aromatic rings. The molecular weight excluding hydrogens is 406 g/mol. The fourth-order valence-corrected chi connectivity index (χ4v) is 4.81. The number of para-hydroxylation sites is 1. The molecular formula is C25H31N3O4. The number of benzene rings is 1. The number of rotatable bonds is 1. The van der Waals surface area contributed by atoms with Crippen molar-refractivity contribution < 1.29 is 14.3 Å². The second kappa shape index (κ2) is 10.0. The summed E-state index contributed by atoms with van der Waals surface area (Å²) in [6, 6.07) is 11.1. The molecule has 0 atom stereocenters. The Morgan fingerprint density at radius 1 is 1.00 bits per heavy atom. The standard InChI is InChI=1S/C25H31N3O4/c29-22-18-20(9-13-26-22)23(30)28-15-11-25(12-16-28)10-5-1-2-6-19-7-3-4-8-21(19)32-17-14-27-24(25)31/h3-4,7-9,13,18H,1-2,5-6,10-12,14-17H2,(H,26,29)(H,27,31). The summed E-state index contributed by atoms with van der Waals surface area (Å²) in [5.41, 5.74) is 0.870. The summed E-state index contributed by atoms with van der Waals surface area (Å²) in [6.45, 7) is 1.93. The van der Waals surface area contributed by atoms with Crippen LogP contribution in [0.15, 0.2) is 47.4 Å². The third kappa shape index (κ3) is 5.03. The van der Waals surface area contributed by atoms with Crippen LogP contribution < -0.4 is 15.6 Å². The van der Waals surface area contributed by atoms with E-state index in [0.29, 0.717) is 44.6 Å². The topological polar surface area (TPSA) is 91.5 Å². The number of ether oxygens (including phenoxy) is 1. The Kier molecular flexibility index (Phi) is 6.93. The SMILES string of the molecule is O=C(c1cc[nH]c(=O)c1)N1CCC2(CCCCCc3ccccc3OCCNC2=O)CC1. The summed E-state index contributed by atoms with van der Waals surface area (Å²) >= 11 is 0. The number of piperidine rings is 1. The lowest BCUT2D eigenvalue weighted by molar-refractivity contribution is -0.134. The van der Waals surface area contributed by atoms with Gasteiger partial charge in [-0.15, -0.1) is 0 Å². The molecule has 0 saturated carbocycles. The largest absolute Gasteiger partial charge is 0.491 e. The van der Waals surface area contributed by atoms with Crippen molar-refractivity contribution in [2.45, 2.75) is 44.9 Å². The van der Waals surface area contributed by atoms with Crippen LogP contribution in [0.4, 0.5) is 0 Å². The molecule has 2 aliphatic rings. The first-order valence-electron chi connectivity index (χ1n) is 11.5. The predicted molar refractivity (Wildman–Crippen MR) is 122 cm³/mol. The van der Waals surface area contributed by atoms with Crippen LogP contribution in [0.5, 0.6) is 5.75 Å². The van der Waals surface area contributed by atoms with Gasteiger partial charge in [0.15, 0.2) is 0 Å². The summed E-state index contributed by atoms with van der Waals surface area (Å²) in [5, 5.41) is 3.08. The van der Waals surface area contributed by atoms with Gasteiger partial charge in [0.1, 0.15) is 12.4 Å². The number of nitrogens with one attached hydrogen (secondary N) is 2. The van der Waals surface area contributed by atoms with E-state index in [0.717, 1.165) is 37.9 Å². The third-order valence-corrected chi connectivity index (χ3v) is 6.73. The van der Waals surface area contributed by atoms with Crippen LogP contribution in [0, 0.1) is 5.41 Å². The summed E-state index contributed by atoms with van der Waals surface area (Å²) in [4.78, 5) is 41.9. The number of amides is 2. The Morgan fingerprint density at radius 2 is 1.81 bits per heavy atom. The zero-order chi connectivity index (χ0) is 22.4. The molecule has 1 aromatic heterocycles. The van der Waals surface area contributed by atoms with Gasteiger partial charge in [-0.05, 0) is 49.8 Å². The maximum atomic E-state index is 13.2. The monoisotopic (exact) mass is 437 g/mol. The highest BCUT2D eigenvalue weighted by molar-refractivity contribution is 5.94. The van der Waals surface area contributed by atoms with Crippen molar-refractivity contribution in [3.63, 3.8) is 0 Å². The van der Waals surface area contributed by atoms with Gasteiger partial charge >= 0.3 is 0 Å². The summed E-state index contributed by atoms with van der Waals surface area (Å²) in [7, 11) is 0. The number of fused-ring (bicyclic) bond motifs is 1. The minimum Gasteiger partial charge on any atom is -0.491 e. The molecule has 0 aliphatic carbocycles. The zero-order valence-electron chi connectivity index (χ0n) is 18.4. The lowest BCUT2D eigenvalue weighted by atomic mass is 9.73. The molecule has 1 saturated heterocycles. The van der Waals surface area contributed by atoms with Crippen molar-refractivity contribution in [2.24, 2.45) is 5.41 Å². The Bertz CT molecular complexity index is 1010. The number of aromatic amines is 1. The van der Waals surface area contributed by atoms with E-state index < -0.39 is 5.41 Å². The maximum absolute atomic E-state index is 13.2. The number of pyridine rings is 1. The number of hydrogen-bond acceptors (Lipinski definition) is 4. The normalized spacial score (nSPS) is 19.5. The van der Waals surface area contributed by atoms with Gasteiger partial charge in [0, 0.05) is 30.9 Å². The molecule has 2 N–H and O–H groups in total. The molecule has 0 radical (unpaired) electrons. The molecule has 7 heteroatoms. The molecule has 0 bridgehead atoms. The highest BCUT2D eigenvalue weighted by atomic mass is 16.5. The van der Waals surface area contributed by atoms with Gasteiger partial charge in [-0.3, -0.25) is 14.4 Å². The third-order valence-electron chi connectivity index (χ3n) is 6.73. The molecule has 1 fully saturated rings. The van der Waals surface area contributed by atoms with Crippen LogP contribution in [0.3, 0.4) is 0 Å². The van der Waals surface area contributed by atoms with Crippen molar-refractivity contribution in [1.82, 2.24) is 15.2 Å². The molecule has 7 nitrogen and oxygen atoms in total. The van der Waals surface area contributed by atoms with Crippen molar-refractivity contribution in [2.75, 3.05) is 26.2 Å². The van der Waals surface area contributed by atoms with Crippen LogP contribution >= 0.6 is 0 Å². The van der Waals surface area contributed by atoms with Crippen LogP contribution in [0.25, 0.3) is 0 Å². The van der Waals surface area contributed by atoms with Crippen LogP contribution in [0.1, 0.15) is 54.4 Å². The number of likely N-dealkylation sites (tertiary alicyclic amines) is 1. The minimum absolute atomic E-state index is 0.0666. The second-order valence-electron chi connectivity index (χ2n) is 8.79. The van der Waals surface area contributed by atoms with E-state index in [1.54, 1.807) is 11.0 Å². The van der Waals surface area contributed by atoms with Gasteiger partial charge in [-0.25, -0.2) is 0 Å². The molecule has 4 rings (SSSR count). The highest BCUT2D eigenvalue weighted by Crippen LogP contribution is 2.38. The molecule has 2 aliphatic heterocycles. The first-order valence-corrected chi connectivity index (χ1v) is 11.5. The summed E-state index contributed by atoms with van der Waals surface area (Å²) in [5.74, 6) is 0.821. The minimum atomic E-state index is -0.453. The van der Waals surface area contributed by atoms with E-state index in [1.807, 2.05) is 18.2 Å². The van der Waals surface area contributed by atoms with Crippen LogP contribution in [-0.2, 0) is 11.2 Å². The number of hydrogen-bond donors (Lipinski definition) is 2. The first kappa shape index (κ1) is 22.1. The smallest absolute Gasteiger partial charge is 0.254 e. The van der Waals surface area contributed by atoms with Gasteiger partial charge in [0.05, 0.1) is 12.0 Å². The van der Waals surface area contributed by atoms with Crippen LogP contribution in [0.2, 0.25) is 0 Å². The fraction of sp³-hybridized carbons (Fsp3) is 0.480.